The van der Waals surface area contributed by atoms with Crippen molar-refractivity contribution in [2.45, 2.75) is 26.4 Å². The monoisotopic (exact) mass is 356 g/mol. The molecule has 2 rings (SSSR count). The highest BCUT2D eigenvalue weighted by Gasteiger charge is 2.20. The summed E-state index contributed by atoms with van der Waals surface area (Å²) in [5.74, 6) is -0.263. The van der Waals surface area contributed by atoms with Gasteiger partial charge in [0.2, 0.25) is 0 Å². The molecular formula is C15H14Cl2N2O4. The number of amides is 1. The summed E-state index contributed by atoms with van der Waals surface area (Å²) >= 11 is 11.8. The third kappa shape index (κ3) is 4.97. The van der Waals surface area contributed by atoms with Gasteiger partial charge in [-0.2, -0.15) is 0 Å². The third-order valence-corrected chi connectivity index (χ3v) is 3.49. The van der Waals surface area contributed by atoms with Gasteiger partial charge in [-0.25, -0.2) is 0 Å². The smallest absolute Gasteiger partial charge is 0.311 e. The maximum atomic E-state index is 11.9. The van der Waals surface area contributed by atoms with Crippen molar-refractivity contribution in [1.82, 2.24) is 5.16 Å². The minimum Gasteiger partial charge on any atom is -0.452 e. The summed E-state index contributed by atoms with van der Waals surface area (Å²) in [7, 11) is 0. The van der Waals surface area contributed by atoms with Gasteiger partial charge in [-0.1, -0.05) is 34.4 Å². The van der Waals surface area contributed by atoms with Crippen LogP contribution in [-0.2, 0) is 20.7 Å². The largest absolute Gasteiger partial charge is 0.452 e. The minimum atomic E-state index is -0.981. The Kier molecular flexibility index (Phi) is 5.63. The van der Waals surface area contributed by atoms with E-state index in [9.17, 15) is 9.59 Å². The van der Waals surface area contributed by atoms with Crippen LogP contribution in [0, 0.1) is 6.92 Å². The molecule has 122 valence electrons. The first kappa shape index (κ1) is 17.3. The predicted molar refractivity (Wildman–Crippen MR) is 85.6 cm³/mol. The van der Waals surface area contributed by atoms with Crippen LogP contribution in [0.1, 0.15) is 18.2 Å². The van der Waals surface area contributed by atoms with E-state index >= 15 is 0 Å². The quantitative estimate of drug-likeness (QED) is 0.830. The summed E-state index contributed by atoms with van der Waals surface area (Å²) < 4.78 is 9.91. The summed E-state index contributed by atoms with van der Waals surface area (Å²) in [6, 6.07) is 6.35. The van der Waals surface area contributed by atoms with Crippen LogP contribution < -0.4 is 5.32 Å². The number of ether oxygens (including phenoxy) is 1. The molecule has 6 nitrogen and oxygen atoms in total. The van der Waals surface area contributed by atoms with Crippen LogP contribution in [0.2, 0.25) is 10.0 Å². The van der Waals surface area contributed by atoms with Crippen molar-refractivity contribution < 1.29 is 18.8 Å². The first-order valence-corrected chi connectivity index (χ1v) is 7.48. The third-order valence-electron chi connectivity index (χ3n) is 2.91. The van der Waals surface area contributed by atoms with E-state index in [4.69, 9.17) is 32.5 Å². The molecule has 1 amide bonds. The molecule has 0 saturated carbocycles. The van der Waals surface area contributed by atoms with Gasteiger partial charge >= 0.3 is 5.97 Å². The van der Waals surface area contributed by atoms with Gasteiger partial charge in [0.05, 0.1) is 6.42 Å². The molecule has 8 heteroatoms. The number of anilines is 1. The van der Waals surface area contributed by atoms with Crippen molar-refractivity contribution in [3.63, 3.8) is 0 Å². The summed E-state index contributed by atoms with van der Waals surface area (Å²) in [5, 5.41) is 6.95. The molecule has 1 heterocycles. The molecule has 0 aliphatic rings. The van der Waals surface area contributed by atoms with E-state index in [1.165, 1.54) is 13.0 Å². The normalized spacial score (nSPS) is 11.8. The van der Waals surface area contributed by atoms with Crippen LogP contribution in [0.5, 0.6) is 0 Å². The van der Waals surface area contributed by atoms with Gasteiger partial charge in [0.15, 0.2) is 11.9 Å². The Labute approximate surface area is 142 Å². The van der Waals surface area contributed by atoms with Crippen LogP contribution in [0.25, 0.3) is 0 Å². The average Bonchev–Trinajstić information content (AvgIpc) is 2.87. The molecule has 0 radical (unpaired) electrons. The van der Waals surface area contributed by atoms with Gasteiger partial charge in [-0.05, 0) is 31.5 Å². The number of aryl methyl sites for hydroxylation is 1. The molecule has 0 bridgehead atoms. The molecule has 1 aromatic carbocycles. The second-order valence-corrected chi connectivity index (χ2v) is 5.70. The van der Waals surface area contributed by atoms with Crippen LogP contribution in [0.3, 0.4) is 0 Å². The van der Waals surface area contributed by atoms with Crippen molar-refractivity contribution in [3.8, 4) is 0 Å². The number of halogens is 2. The van der Waals surface area contributed by atoms with Gasteiger partial charge in [0, 0.05) is 16.1 Å². The zero-order valence-electron chi connectivity index (χ0n) is 12.4. The maximum absolute atomic E-state index is 11.9. The highest BCUT2D eigenvalue weighted by Crippen LogP contribution is 2.21. The number of aromatic nitrogens is 1. The second kappa shape index (κ2) is 7.48. The SMILES string of the molecule is Cc1cc(NC(=O)C(C)OC(=O)Cc2ccc(Cl)cc2Cl)no1. The first-order chi connectivity index (χ1) is 10.8. The first-order valence-electron chi connectivity index (χ1n) is 6.72. The van der Waals surface area contributed by atoms with Gasteiger partial charge in [-0.3, -0.25) is 9.59 Å². The summed E-state index contributed by atoms with van der Waals surface area (Å²) in [5.41, 5.74) is 0.570. The Morgan fingerprint density at radius 1 is 1.35 bits per heavy atom. The van der Waals surface area contributed by atoms with E-state index in [0.29, 0.717) is 21.4 Å². The molecule has 0 aliphatic carbocycles. The number of benzene rings is 1. The van der Waals surface area contributed by atoms with Crippen LogP contribution >= 0.6 is 23.2 Å². The molecule has 23 heavy (non-hydrogen) atoms. The predicted octanol–water partition coefficient (Wildman–Crippen LogP) is 3.40. The number of carbonyl (C=O) groups is 2. The molecule has 1 unspecified atom stereocenters. The summed E-state index contributed by atoms with van der Waals surface area (Å²) in [4.78, 5) is 23.8. The lowest BCUT2D eigenvalue weighted by Gasteiger charge is -2.12. The van der Waals surface area contributed by atoms with Gasteiger partial charge in [-0.15, -0.1) is 0 Å². The topological polar surface area (TPSA) is 81.4 Å². The number of hydrogen-bond acceptors (Lipinski definition) is 5. The molecular weight excluding hydrogens is 343 g/mol. The maximum Gasteiger partial charge on any atom is 0.311 e. The van der Waals surface area contributed by atoms with Crippen LogP contribution in [0.15, 0.2) is 28.8 Å². The highest BCUT2D eigenvalue weighted by molar-refractivity contribution is 6.35. The number of rotatable bonds is 5. The number of carbonyl (C=O) groups excluding carboxylic acids is 2. The van der Waals surface area contributed by atoms with E-state index in [1.54, 1.807) is 25.1 Å². The van der Waals surface area contributed by atoms with Crippen molar-refractivity contribution in [2.75, 3.05) is 5.32 Å². The van der Waals surface area contributed by atoms with Crippen LogP contribution in [0.4, 0.5) is 5.82 Å². The van der Waals surface area contributed by atoms with Gasteiger partial charge in [0.1, 0.15) is 5.76 Å². The lowest BCUT2D eigenvalue weighted by molar-refractivity contribution is -0.152. The zero-order valence-corrected chi connectivity index (χ0v) is 13.9. The van der Waals surface area contributed by atoms with Gasteiger partial charge < -0.3 is 14.6 Å². The molecule has 1 aromatic heterocycles. The lowest BCUT2D eigenvalue weighted by atomic mass is 10.1. The standard InChI is InChI=1S/C15H14Cl2N2O4/c1-8-5-13(19-23-8)18-15(21)9(2)22-14(20)6-10-3-4-11(16)7-12(10)17/h3-5,7,9H,6H2,1-2H3,(H,18,19,21). The minimum absolute atomic E-state index is 0.0588. The summed E-state index contributed by atoms with van der Waals surface area (Å²) in [6.45, 7) is 3.16. The number of nitrogens with zero attached hydrogens (tertiary/aromatic N) is 1. The molecule has 0 fully saturated rings. The average molecular weight is 357 g/mol. The Morgan fingerprint density at radius 3 is 2.70 bits per heavy atom. The van der Waals surface area contributed by atoms with Crippen molar-refractivity contribution in [3.05, 3.63) is 45.6 Å². The van der Waals surface area contributed by atoms with Crippen molar-refractivity contribution >= 4 is 40.9 Å². The fourth-order valence-corrected chi connectivity index (χ4v) is 2.24. The molecule has 0 spiro atoms. The Bertz CT molecular complexity index is 730. The Hall–Kier alpha value is -2.05. The molecule has 2 aromatic rings. The fraction of sp³-hybridized carbons (Fsp3) is 0.267. The van der Waals surface area contributed by atoms with E-state index < -0.39 is 18.0 Å². The Morgan fingerprint density at radius 2 is 2.09 bits per heavy atom. The number of hydrogen-bond donors (Lipinski definition) is 1. The van der Waals surface area contributed by atoms with E-state index in [2.05, 4.69) is 10.5 Å². The molecule has 0 saturated heterocycles. The molecule has 1 N–H and O–H groups in total. The van der Waals surface area contributed by atoms with E-state index in [-0.39, 0.29) is 12.2 Å². The Balaban J connectivity index is 1.89. The van der Waals surface area contributed by atoms with E-state index in [1.807, 2.05) is 0 Å². The number of esters is 1. The fourth-order valence-electron chi connectivity index (χ4n) is 1.77. The zero-order chi connectivity index (χ0) is 17.0. The highest BCUT2D eigenvalue weighted by atomic mass is 35.5. The molecule has 0 aliphatic heterocycles. The van der Waals surface area contributed by atoms with Gasteiger partial charge in [0.25, 0.3) is 5.91 Å². The lowest BCUT2D eigenvalue weighted by Crippen LogP contribution is -2.30. The van der Waals surface area contributed by atoms with Crippen LogP contribution in [-0.4, -0.2) is 23.1 Å². The van der Waals surface area contributed by atoms with Crippen molar-refractivity contribution in [2.24, 2.45) is 0 Å². The number of nitrogens with one attached hydrogen (secondary N) is 1. The van der Waals surface area contributed by atoms with E-state index in [0.717, 1.165) is 0 Å². The van der Waals surface area contributed by atoms with Crippen molar-refractivity contribution in [1.29, 1.82) is 0 Å². The molecule has 1 atom stereocenters. The second-order valence-electron chi connectivity index (χ2n) is 4.86. The summed E-state index contributed by atoms with van der Waals surface area (Å²) in [6.07, 6.45) is -1.04.